The van der Waals surface area contributed by atoms with Crippen LogP contribution in [-0.2, 0) is 9.59 Å². The summed E-state index contributed by atoms with van der Waals surface area (Å²) in [7, 11) is 0. The van der Waals surface area contributed by atoms with Gasteiger partial charge in [0.25, 0.3) is 5.91 Å². The summed E-state index contributed by atoms with van der Waals surface area (Å²) >= 11 is 0. The van der Waals surface area contributed by atoms with Gasteiger partial charge in [-0.1, -0.05) is 6.08 Å². The molecule has 0 saturated carbocycles. The Bertz CT molecular complexity index is 348. The van der Waals surface area contributed by atoms with Crippen LogP contribution in [0.4, 0.5) is 0 Å². The Morgan fingerprint density at radius 3 is 2.92 bits per heavy atom. The molecule has 4 heteroatoms. The lowest BCUT2D eigenvalue weighted by Crippen LogP contribution is -2.08. The van der Waals surface area contributed by atoms with Gasteiger partial charge in [0.1, 0.15) is 0 Å². The van der Waals surface area contributed by atoms with Crippen LogP contribution in [0.3, 0.4) is 0 Å². The van der Waals surface area contributed by atoms with Gasteiger partial charge in [0.2, 0.25) is 0 Å². The molecule has 60 valence electrons. The predicted octanol–water partition coefficient (Wildman–Crippen LogP) is 1.15. The van der Waals surface area contributed by atoms with Crippen molar-refractivity contribution < 1.29 is 9.59 Å². The molecule has 2 rings (SSSR count). The van der Waals surface area contributed by atoms with Crippen LogP contribution in [0.5, 0.6) is 0 Å². The molecule has 12 heavy (non-hydrogen) atoms. The largest absolute Gasteiger partial charge is 0.294 e. The van der Waals surface area contributed by atoms with Crippen LogP contribution < -0.4 is 0 Å². The topological polar surface area (TPSA) is 58.9 Å². The fraction of sp³-hybridized carbons (Fsp3) is 0.250. The van der Waals surface area contributed by atoms with Gasteiger partial charge in [-0.05, 0) is 5.57 Å². The highest BCUT2D eigenvalue weighted by Gasteiger charge is 2.19. The molecule has 0 saturated heterocycles. The molecule has 0 spiro atoms. The van der Waals surface area contributed by atoms with Crippen LogP contribution in [0.1, 0.15) is 12.8 Å². The molecule has 2 aliphatic rings. The maximum Gasteiger partial charge on any atom is 0.269 e. The molecule has 0 aromatic heterocycles. The van der Waals surface area contributed by atoms with E-state index in [0.29, 0.717) is 12.1 Å². The van der Waals surface area contributed by atoms with Crippen molar-refractivity contribution in [3.8, 4) is 0 Å². The number of allylic oxidation sites excluding steroid dienone is 3. The third kappa shape index (κ3) is 1.11. The maximum absolute atomic E-state index is 10.9. The van der Waals surface area contributed by atoms with Crippen LogP contribution in [0, 0.1) is 0 Å². The van der Waals surface area contributed by atoms with Gasteiger partial charge in [-0.2, -0.15) is 0 Å². The lowest BCUT2D eigenvalue weighted by Gasteiger charge is -2.12. The first-order valence-electron chi connectivity index (χ1n) is 3.64. The summed E-state index contributed by atoms with van der Waals surface area (Å²) in [4.78, 5) is 21.7. The first kappa shape index (κ1) is 7.09. The third-order valence-corrected chi connectivity index (χ3v) is 1.79. The zero-order chi connectivity index (χ0) is 8.55. The standard InChI is InChI=1S/C8H6N2O2/c11-6-2-1-5-3-8(12)10-9-7(5)4-6/h1,4H,2-3H2. The van der Waals surface area contributed by atoms with E-state index >= 15 is 0 Å². The quantitative estimate of drug-likeness (QED) is 0.536. The minimum atomic E-state index is -0.243. The molecule has 4 nitrogen and oxygen atoms in total. The summed E-state index contributed by atoms with van der Waals surface area (Å²) in [5.41, 5.74) is 1.38. The van der Waals surface area contributed by atoms with Gasteiger partial charge in [0.05, 0.1) is 12.1 Å². The smallest absolute Gasteiger partial charge is 0.269 e. The second-order valence-electron chi connectivity index (χ2n) is 2.70. The molecule has 1 amide bonds. The molecule has 0 aromatic carbocycles. The molecular formula is C8H6N2O2. The van der Waals surface area contributed by atoms with Gasteiger partial charge in [0, 0.05) is 12.5 Å². The number of amides is 1. The van der Waals surface area contributed by atoms with Crippen molar-refractivity contribution in [1.29, 1.82) is 0 Å². The molecule has 0 atom stereocenters. The van der Waals surface area contributed by atoms with Crippen molar-refractivity contribution in [2.24, 2.45) is 10.2 Å². The molecule has 1 heterocycles. The monoisotopic (exact) mass is 162 g/mol. The summed E-state index contributed by atoms with van der Waals surface area (Å²) < 4.78 is 0. The lowest BCUT2D eigenvalue weighted by molar-refractivity contribution is -0.118. The molecule has 0 fully saturated rings. The number of nitrogens with zero attached hydrogens (tertiary/aromatic N) is 2. The number of ketones is 1. The van der Waals surface area contributed by atoms with E-state index in [1.807, 2.05) is 0 Å². The number of azo groups is 1. The van der Waals surface area contributed by atoms with Gasteiger partial charge < -0.3 is 0 Å². The third-order valence-electron chi connectivity index (χ3n) is 1.79. The van der Waals surface area contributed by atoms with E-state index in [2.05, 4.69) is 10.2 Å². The van der Waals surface area contributed by atoms with Gasteiger partial charge in [-0.15, -0.1) is 10.2 Å². The van der Waals surface area contributed by atoms with Crippen molar-refractivity contribution >= 4 is 11.7 Å². The van der Waals surface area contributed by atoms with E-state index < -0.39 is 0 Å². The van der Waals surface area contributed by atoms with E-state index in [4.69, 9.17) is 0 Å². The second-order valence-corrected chi connectivity index (χ2v) is 2.70. The van der Waals surface area contributed by atoms with Crippen molar-refractivity contribution in [3.63, 3.8) is 0 Å². The van der Waals surface area contributed by atoms with Crippen LogP contribution >= 0.6 is 0 Å². The van der Waals surface area contributed by atoms with Crippen LogP contribution in [0.15, 0.2) is 33.7 Å². The molecule has 0 radical (unpaired) electrons. The zero-order valence-corrected chi connectivity index (χ0v) is 6.28. The average Bonchev–Trinajstić information content (AvgIpc) is 2.05. The first-order valence-corrected chi connectivity index (χ1v) is 3.64. The molecule has 0 aromatic rings. The van der Waals surface area contributed by atoms with Crippen LogP contribution in [-0.4, -0.2) is 11.7 Å². The van der Waals surface area contributed by atoms with Crippen LogP contribution in [0.2, 0.25) is 0 Å². The molecular weight excluding hydrogens is 156 g/mol. The Hall–Kier alpha value is -1.58. The van der Waals surface area contributed by atoms with Gasteiger partial charge in [-0.25, -0.2) is 0 Å². The van der Waals surface area contributed by atoms with Gasteiger partial charge in [-0.3, -0.25) is 9.59 Å². The highest BCUT2D eigenvalue weighted by Crippen LogP contribution is 2.25. The summed E-state index contributed by atoms with van der Waals surface area (Å²) in [6.45, 7) is 0. The fourth-order valence-electron chi connectivity index (χ4n) is 1.20. The Morgan fingerprint density at radius 1 is 1.25 bits per heavy atom. The number of carbonyl (C=O) groups excluding carboxylic acids is 2. The number of hydrogen-bond donors (Lipinski definition) is 0. The zero-order valence-electron chi connectivity index (χ0n) is 6.28. The van der Waals surface area contributed by atoms with E-state index in [0.717, 1.165) is 5.57 Å². The Morgan fingerprint density at radius 2 is 2.08 bits per heavy atom. The normalized spacial score (nSPS) is 21.7. The van der Waals surface area contributed by atoms with Crippen LogP contribution in [0.25, 0.3) is 0 Å². The minimum Gasteiger partial charge on any atom is -0.294 e. The number of fused-ring (bicyclic) bond motifs is 1. The first-order chi connectivity index (χ1) is 5.75. The van der Waals surface area contributed by atoms with E-state index in [1.54, 1.807) is 6.08 Å². The molecule has 0 bridgehead atoms. The highest BCUT2D eigenvalue weighted by atomic mass is 16.1. The van der Waals surface area contributed by atoms with Gasteiger partial charge in [0.15, 0.2) is 5.78 Å². The molecule has 1 aliphatic carbocycles. The van der Waals surface area contributed by atoms with Crippen molar-refractivity contribution in [2.45, 2.75) is 12.8 Å². The average molecular weight is 162 g/mol. The predicted molar refractivity (Wildman–Crippen MR) is 40.3 cm³/mol. The lowest BCUT2D eigenvalue weighted by atomic mass is 9.99. The van der Waals surface area contributed by atoms with Crippen molar-refractivity contribution in [2.75, 3.05) is 0 Å². The highest BCUT2D eigenvalue weighted by molar-refractivity contribution is 5.95. The molecule has 0 unspecified atom stereocenters. The second kappa shape index (κ2) is 2.48. The number of hydrogen-bond acceptors (Lipinski definition) is 3. The van der Waals surface area contributed by atoms with E-state index in [1.165, 1.54) is 6.08 Å². The van der Waals surface area contributed by atoms with Crippen molar-refractivity contribution in [3.05, 3.63) is 23.4 Å². The minimum absolute atomic E-state index is 0.0158. The maximum atomic E-state index is 10.9. The number of carbonyl (C=O) groups is 2. The number of rotatable bonds is 0. The Balaban J connectivity index is 2.41. The Labute approximate surface area is 68.7 Å². The summed E-state index contributed by atoms with van der Waals surface area (Å²) in [5, 5.41) is 7.00. The molecule has 1 aliphatic heterocycles. The van der Waals surface area contributed by atoms with Crippen molar-refractivity contribution in [1.82, 2.24) is 0 Å². The Kier molecular flexibility index (Phi) is 1.46. The van der Waals surface area contributed by atoms with E-state index in [9.17, 15) is 9.59 Å². The SMILES string of the molecule is O=C1C=C2N=NC(=O)CC2=CC1. The fourth-order valence-corrected chi connectivity index (χ4v) is 1.20. The van der Waals surface area contributed by atoms with E-state index in [-0.39, 0.29) is 18.1 Å². The summed E-state index contributed by atoms with van der Waals surface area (Å²) in [6.07, 6.45) is 3.84. The summed E-state index contributed by atoms with van der Waals surface area (Å²) in [5.74, 6) is -0.227. The van der Waals surface area contributed by atoms with Gasteiger partial charge >= 0.3 is 0 Å². The molecule has 0 N–H and O–H groups in total. The summed E-state index contributed by atoms with van der Waals surface area (Å²) in [6, 6.07) is 0.